The first-order valence-electron chi connectivity index (χ1n) is 12.4. The van der Waals surface area contributed by atoms with E-state index in [4.69, 9.17) is 0 Å². The fourth-order valence-electron chi connectivity index (χ4n) is 5.63. The zero-order valence-corrected chi connectivity index (χ0v) is 20.3. The zero-order chi connectivity index (χ0) is 24.5. The first-order chi connectivity index (χ1) is 17.0. The van der Waals surface area contributed by atoms with Crippen LogP contribution >= 0.6 is 0 Å². The number of benzene rings is 3. The van der Waals surface area contributed by atoms with Gasteiger partial charge in [0.05, 0.1) is 5.52 Å². The average molecular weight is 467 g/mol. The Bertz CT molecular complexity index is 1470. The van der Waals surface area contributed by atoms with E-state index >= 15 is 0 Å². The van der Waals surface area contributed by atoms with E-state index in [2.05, 4.69) is 16.6 Å². The molecule has 1 fully saturated rings. The summed E-state index contributed by atoms with van der Waals surface area (Å²) >= 11 is 0. The van der Waals surface area contributed by atoms with Crippen molar-refractivity contribution in [1.82, 2.24) is 4.57 Å². The first-order valence-corrected chi connectivity index (χ1v) is 12.4. The molecule has 0 amide bonds. The molecule has 178 valence electrons. The van der Waals surface area contributed by atoms with Crippen molar-refractivity contribution in [2.45, 2.75) is 52.5 Å². The molecule has 0 saturated heterocycles. The number of fused-ring (bicyclic) bond motifs is 3. The van der Waals surface area contributed by atoms with Crippen molar-refractivity contribution in [3.63, 3.8) is 0 Å². The van der Waals surface area contributed by atoms with Gasteiger partial charge in [-0.3, -0.25) is 9.59 Å². The van der Waals surface area contributed by atoms with Gasteiger partial charge < -0.3 is 9.77 Å². The van der Waals surface area contributed by atoms with Crippen molar-refractivity contribution in [2.24, 2.45) is 11.1 Å². The smallest absolute Gasteiger partial charge is 0.210 e. The number of Topliss-reactive ketones (excluding diaryl/α,β-unsaturated/α-hetero) is 1. The summed E-state index contributed by atoms with van der Waals surface area (Å²) in [6, 6.07) is 19.1. The van der Waals surface area contributed by atoms with E-state index in [1.165, 1.54) is 0 Å². The predicted octanol–water partition coefficient (Wildman–Crippen LogP) is 6.95. The predicted molar refractivity (Wildman–Crippen MR) is 140 cm³/mol. The summed E-state index contributed by atoms with van der Waals surface area (Å²) in [6.45, 7) is 4.68. The largest absolute Gasteiger partial charge is 0.411 e. The molecule has 5 rings (SSSR count). The molecule has 1 heterocycles. The van der Waals surface area contributed by atoms with Crippen LogP contribution in [-0.2, 0) is 6.54 Å². The topological polar surface area (TPSA) is 71.7 Å². The molecule has 35 heavy (non-hydrogen) atoms. The molecule has 0 aliphatic heterocycles. The molecule has 1 saturated carbocycles. The van der Waals surface area contributed by atoms with Gasteiger partial charge in [0, 0.05) is 39.5 Å². The maximum Gasteiger partial charge on any atom is 0.210 e. The monoisotopic (exact) mass is 466 g/mol. The van der Waals surface area contributed by atoms with E-state index in [9.17, 15) is 14.8 Å². The van der Waals surface area contributed by atoms with Crippen LogP contribution in [0.2, 0.25) is 0 Å². The minimum atomic E-state index is -0.312. The molecule has 4 aromatic rings. The zero-order valence-electron chi connectivity index (χ0n) is 20.3. The minimum absolute atomic E-state index is 0.112. The molecule has 3 aromatic carbocycles. The number of rotatable bonds is 7. The summed E-state index contributed by atoms with van der Waals surface area (Å²) in [6.07, 6.45) is 4.86. The summed E-state index contributed by atoms with van der Waals surface area (Å²) in [7, 11) is 0. The van der Waals surface area contributed by atoms with Gasteiger partial charge in [0.1, 0.15) is 5.71 Å². The number of aromatic nitrogens is 1. The lowest BCUT2D eigenvalue weighted by Crippen LogP contribution is -2.19. The van der Waals surface area contributed by atoms with Gasteiger partial charge >= 0.3 is 0 Å². The third-order valence-corrected chi connectivity index (χ3v) is 7.42. The quantitative estimate of drug-likeness (QED) is 0.139. The highest BCUT2D eigenvalue weighted by Crippen LogP contribution is 2.35. The molecule has 5 nitrogen and oxygen atoms in total. The van der Waals surface area contributed by atoms with Crippen molar-refractivity contribution in [3.05, 3.63) is 82.9 Å². The molecule has 1 aliphatic rings. The van der Waals surface area contributed by atoms with Gasteiger partial charge in [-0.1, -0.05) is 73.3 Å². The Hall–Kier alpha value is -3.73. The van der Waals surface area contributed by atoms with Crippen LogP contribution in [0.25, 0.3) is 21.8 Å². The first kappa shape index (κ1) is 23.0. The van der Waals surface area contributed by atoms with Crippen molar-refractivity contribution < 1.29 is 14.8 Å². The molecule has 0 spiro atoms. The minimum Gasteiger partial charge on any atom is -0.411 e. The number of carbonyl (C=O) groups is 2. The maximum absolute atomic E-state index is 13.9. The summed E-state index contributed by atoms with van der Waals surface area (Å²) < 4.78 is 2.14. The Kier molecular flexibility index (Phi) is 6.25. The summed E-state index contributed by atoms with van der Waals surface area (Å²) in [5, 5.41) is 15.0. The van der Waals surface area contributed by atoms with Crippen LogP contribution < -0.4 is 0 Å². The highest BCUT2D eigenvalue weighted by atomic mass is 16.4. The van der Waals surface area contributed by atoms with Crippen LogP contribution in [0.4, 0.5) is 0 Å². The van der Waals surface area contributed by atoms with E-state index in [0.717, 1.165) is 53.1 Å². The number of nitrogens with zero attached hydrogens (tertiary/aromatic N) is 2. The summed E-state index contributed by atoms with van der Waals surface area (Å²) in [4.78, 5) is 27.5. The fourth-order valence-corrected chi connectivity index (χ4v) is 5.63. The number of aryl methyl sites for hydroxylation is 2. The SMILES string of the molecule is CCn1c2ccccc2c2cc(C(=O)C(CC3CCCC3)=NO)cc(C(=O)c3ccccc3C)c21. The van der Waals surface area contributed by atoms with E-state index < -0.39 is 0 Å². The van der Waals surface area contributed by atoms with E-state index in [1.54, 1.807) is 6.07 Å². The second-order valence-corrected chi connectivity index (χ2v) is 9.56. The number of ketones is 2. The van der Waals surface area contributed by atoms with Crippen LogP contribution in [0, 0.1) is 12.8 Å². The number of carbonyl (C=O) groups excluding carboxylic acids is 2. The van der Waals surface area contributed by atoms with Crippen LogP contribution in [0.1, 0.15) is 70.9 Å². The van der Waals surface area contributed by atoms with Crippen LogP contribution in [0.3, 0.4) is 0 Å². The van der Waals surface area contributed by atoms with Gasteiger partial charge in [0.15, 0.2) is 5.78 Å². The standard InChI is InChI=1S/C30H30N2O3/c1-3-32-27-15-9-8-14-23(27)24-17-21(29(33)26(31-35)16-20-11-5-6-12-20)18-25(28(24)32)30(34)22-13-7-4-10-19(22)2/h4,7-10,13-15,17-18,20,35H,3,5-6,11-12,16H2,1-2H3. The van der Waals surface area contributed by atoms with Gasteiger partial charge in [-0.05, 0) is 49.9 Å². The van der Waals surface area contributed by atoms with Crippen molar-refractivity contribution in [1.29, 1.82) is 0 Å². The molecule has 5 heteroatoms. The van der Waals surface area contributed by atoms with Crippen LogP contribution in [0.15, 0.2) is 65.8 Å². The van der Waals surface area contributed by atoms with Gasteiger partial charge in [-0.2, -0.15) is 0 Å². The molecule has 1 aromatic heterocycles. The van der Waals surface area contributed by atoms with Crippen molar-refractivity contribution in [2.75, 3.05) is 0 Å². The lowest BCUT2D eigenvalue weighted by molar-refractivity contribution is 0.103. The van der Waals surface area contributed by atoms with E-state index in [-0.39, 0.29) is 17.3 Å². The second-order valence-electron chi connectivity index (χ2n) is 9.56. The highest BCUT2D eigenvalue weighted by molar-refractivity contribution is 6.46. The van der Waals surface area contributed by atoms with Gasteiger partial charge in [0.2, 0.25) is 5.78 Å². The molecule has 0 radical (unpaired) electrons. The Labute approximate surface area is 205 Å². The Balaban J connectivity index is 1.73. The van der Waals surface area contributed by atoms with E-state index in [0.29, 0.717) is 35.6 Å². The number of hydrogen-bond acceptors (Lipinski definition) is 4. The van der Waals surface area contributed by atoms with Gasteiger partial charge in [0.25, 0.3) is 0 Å². The summed E-state index contributed by atoms with van der Waals surface area (Å²) in [5.74, 6) is -0.0596. The highest BCUT2D eigenvalue weighted by Gasteiger charge is 2.26. The molecule has 0 unspecified atom stereocenters. The lowest BCUT2D eigenvalue weighted by atomic mass is 9.91. The molecular formula is C30H30N2O3. The molecule has 0 atom stereocenters. The normalized spacial score (nSPS) is 14.7. The van der Waals surface area contributed by atoms with Crippen molar-refractivity contribution >= 4 is 39.1 Å². The molecule has 1 aliphatic carbocycles. The third-order valence-electron chi connectivity index (χ3n) is 7.42. The van der Waals surface area contributed by atoms with Crippen molar-refractivity contribution in [3.8, 4) is 0 Å². The molecule has 0 bridgehead atoms. The number of oxime groups is 1. The van der Waals surface area contributed by atoms with Crippen LogP contribution in [-0.4, -0.2) is 27.1 Å². The van der Waals surface area contributed by atoms with Gasteiger partial charge in [-0.25, -0.2) is 0 Å². The molecule has 1 N–H and O–H groups in total. The molecular weight excluding hydrogens is 436 g/mol. The third kappa shape index (κ3) is 4.05. The second kappa shape index (κ2) is 9.49. The Morgan fingerprint density at radius 1 is 0.971 bits per heavy atom. The Morgan fingerprint density at radius 2 is 1.69 bits per heavy atom. The number of para-hydroxylation sites is 1. The van der Waals surface area contributed by atoms with Gasteiger partial charge in [-0.15, -0.1) is 0 Å². The van der Waals surface area contributed by atoms with Crippen LogP contribution in [0.5, 0.6) is 0 Å². The average Bonchev–Trinajstić information content (AvgIpc) is 3.52. The number of hydrogen-bond donors (Lipinski definition) is 1. The fraction of sp³-hybridized carbons (Fsp3) is 0.300. The maximum atomic E-state index is 13.9. The van der Waals surface area contributed by atoms with E-state index in [1.807, 2.05) is 61.5 Å². The summed E-state index contributed by atoms with van der Waals surface area (Å²) in [5.41, 5.74) is 4.42. The lowest BCUT2D eigenvalue weighted by Gasteiger charge is -2.13. The Morgan fingerprint density at radius 3 is 2.40 bits per heavy atom.